The topological polar surface area (TPSA) is 90.4 Å². The Morgan fingerprint density at radius 2 is 2.15 bits per heavy atom. The minimum absolute atomic E-state index is 0.183. The second kappa shape index (κ2) is 6.31. The van der Waals surface area contributed by atoms with Crippen LogP contribution in [0.15, 0.2) is 34.9 Å². The van der Waals surface area contributed by atoms with Gasteiger partial charge in [0, 0.05) is 25.3 Å². The van der Waals surface area contributed by atoms with Crippen LogP contribution in [0.3, 0.4) is 0 Å². The van der Waals surface area contributed by atoms with E-state index >= 15 is 0 Å². The Hall–Kier alpha value is -2.18. The van der Waals surface area contributed by atoms with Gasteiger partial charge in [-0.2, -0.15) is 0 Å². The molecule has 1 amide bonds. The first-order valence-electron chi connectivity index (χ1n) is 6.18. The third-order valence-electron chi connectivity index (χ3n) is 2.75. The van der Waals surface area contributed by atoms with Gasteiger partial charge in [-0.05, 0) is 12.1 Å². The number of rotatable bonds is 5. The number of ether oxygens (including phenoxy) is 1. The highest BCUT2D eigenvalue weighted by Gasteiger charge is 2.13. The summed E-state index contributed by atoms with van der Waals surface area (Å²) in [6.45, 7) is 1.97. The summed E-state index contributed by atoms with van der Waals surface area (Å²) in [5.41, 5.74) is 7.99. The lowest BCUT2D eigenvalue weighted by Crippen LogP contribution is -2.39. The van der Waals surface area contributed by atoms with Crippen molar-refractivity contribution in [3.8, 4) is 11.3 Å². The van der Waals surface area contributed by atoms with Gasteiger partial charge in [-0.3, -0.25) is 4.79 Å². The zero-order valence-electron chi connectivity index (χ0n) is 11.4. The molecule has 1 aromatic heterocycles. The van der Waals surface area contributed by atoms with Crippen molar-refractivity contribution < 1.29 is 13.9 Å². The Kier molecular flexibility index (Phi) is 4.49. The predicted octanol–water partition coefficient (Wildman–Crippen LogP) is 1.56. The van der Waals surface area contributed by atoms with Crippen LogP contribution in [0.5, 0.6) is 0 Å². The molecule has 0 aliphatic carbocycles. The number of hydrogen-bond donors (Lipinski definition) is 2. The van der Waals surface area contributed by atoms with Crippen LogP contribution in [0.25, 0.3) is 11.3 Å². The number of oxazole rings is 1. The van der Waals surface area contributed by atoms with E-state index in [1.807, 2.05) is 12.1 Å². The smallest absolute Gasteiger partial charge is 0.243 e. The van der Waals surface area contributed by atoms with Crippen molar-refractivity contribution in [2.75, 3.05) is 19.0 Å². The number of nitrogens with zero attached hydrogens (tertiary/aromatic N) is 1. The van der Waals surface area contributed by atoms with E-state index in [1.165, 1.54) is 7.11 Å². The zero-order chi connectivity index (χ0) is 14.5. The molecule has 0 bridgehead atoms. The second-order valence-electron chi connectivity index (χ2n) is 4.38. The molecular formula is C14H17N3O3. The molecule has 2 aromatic rings. The van der Waals surface area contributed by atoms with Gasteiger partial charge < -0.3 is 20.2 Å². The first kappa shape index (κ1) is 14.2. The lowest BCUT2D eigenvalue weighted by atomic mass is 10.1. The first-order chi connectivity index (χ1) is 9.60. The quantitative estimate of drug-likeness (QED) is 0.864. The Labute approximate surface area is 116 Å². The first-order valence-corrected chi connectivity index (χ1v) is 6.18. The molecule has 1 unspecified atom stereocenters. The Bertz CT molecular complexity index is 578. The fourth-order valence-electron chi connectivity index (χ4n) is 1.71. The molecule has 0 radical (unpaired) electrons. The lowest BCUT2D eigenvalue weighted by Gasteiger charge is -2.11. The van der Waals surface area contributed by atoms with E-state index < -0.39 is 6.04 Å². The number of anilines is 1. The van der Waals surface area contributed by atoms with Crippen LogP contribution in [0.1, 0.15) is 5.89 Å². The summed E-state index contributed by atoms with van der Waals surface area (Å²) in [6, 6.07) is 6.61. The van der Waals surface area contributed by atoms with Crippen molar-refractivity contribution in [3.63, 3.8) is 0 Å². The number of carbonyl (C=O) groups is 1. The van der Waals surface area contributed by atoms with Crippen LogP contribution in [0.2, 0.25) is 0 Å². The molecule has 3 N–H and O–H groups in total. The van der Waals surface area contributed by atoms with Gasteiger partial charge in [0.25, 0.3) is 0 Å². The molecule has 6 heteroatoms. The summed E-state index contributed by atoms with van der Waals surface area (Å²) in [4.78, 5) is 16.0. The highest BCUT2D eigenvalue weighted by atomic mass is 16.5. The predicted molar refractivity (Wildman–Crippen MR) is 75.2 cm³/mol. The second-order valence-corrected chi connectivity index (χ2v) is 4.38. The maximum absolute atomic E-state index is 11.7. The number of methoxy groups -OCH3 is 1. The van der Waals surface area contributed by atoms with Gasteiger partial charge in [0.05, 0.1) is 6.61 Å². The van der Waals surface area contributed by atoms with Crippen LogP contribution >= 0.6 is 0 Å². The van der Waals surface area contributed by atoms with Crippen molar-refractivity contribution in [1.82, 2.24) is 4.98 Å². The number of nitrogens with two attached hydrogens (primary N) is 1. The van der Waals surface area contributed by atoms with E-state index in [0.717, 1.165) is 11.3 Å². The molecule has 20 heavy (non-hydrogen) atoms. The van der Waals surface area contributed by atoms with Gasteiger partial charge in [-0.15, -0.1) is 0 Å². The standard InChI is InChI=1S/C14H17N3O3/c1-9-16-13(8-20-9)10-3-5-11(6-4-10)17-14(18)12(15)7-19-2/h3-6,8,12H,7,15H2,1-2H3,(H,17,18). The van der Waals surface area contributed by atoms with E-state index in [-0.39, 0.29) is 12.5 Å². The molecule has 6 nitrogen and oxygen atoms in total. The van der Waals surface area contributed by atoms with Crippen molar-refractivity contribution >= 4 is 11.6 Å². The highest BCUT2D eigenvalue weighted by Crippen LogP contribution is 2.20. The fraction of sp³-hybridized carbons (Fsp3) is 0.286. The van der Waals surface area contributed by atoms with Gasteiger partial charge in [0.15, 0.2) is 5.89 Å². The summed E-state index contributed by atoms with van der Waals surface area (Å²) in [6.07, 6.45) is 1.59. The third kappa shape index (κ3) is 3.43. The Morgan fingerprint density at radius 1 is 1.45 bits per heavy atom. The number of hydrogen-bond acceptors (Lipinski definition) is 5. The zero-order valence-corrected chi connectivity index (χ0v) is 11.4. The number of nitrogens with one attached hydrogen (secondary N) is 1. The van der Waals surface area contributed by atoms with Gasteiger partial charge in [-0.25, -0.2) is 4.98 Å². The average molecular weight is 275 g/mol. The normalized spacial score (nSPS) is 12.2. The van der Waals surface area contributed by atoms with Crippen molar-refractivity contribution in [1.29, 1.82) is 0 Å². The van der Waals surface area contributed by atoms with Crippen LogP contribution < -0.4 is 11.1 Å². The fourth-order valence-corrected chi connectivity index (χ4v) is 1.71. The number of amides is 1. The molecule has 1 heterocycles. The van der Waals surface area contributed by atoms with E-state index in [9.17, 15) is 4.79 Å². The third-order valence-corrected chi connectivity index (χ3v) is 2.75. The van der Waals surface area contributed by atoms with Crippen LogP contribution in [-0.2, 0) is 9.53 Å². The van der Waals surface area contributed by atoms with Crippen molar-refractivity contribution in [3.05, 3.63) is 36.4 Å². The van der Waals surface area contributed by atoms with E-state index in [1.54, 1.807) is 25.3 Å². The largest absolute Gasteiger partial charge is 0.449 e. The van der Waals surface area contributed by atoms with Gasteiger partial charge in [0.2, 0.25) is 5.91 Å². The molecule has 0 spiro atoms. The SMILES string of the molecule is COCC(N)C(=O)Nc1ccc(-c2coc(C)n2)cc1. The summed E-state index contributed by atoms with van der Waals surface area (Å²) in [5.74, 6) is 0.333. The minimum Gasteiger partial charge on any atom is -0.449 e. The number of aromatic nitrogens is 1. The molecule has 2 rings (SSSR count). The number of benzene rings is 1. The van der Waals surface area contributed by atoms with Gasteiger partial charge in [0.1, 0.15) is 18.0 Å². The van der Waals surface area contributed by atoms with Crippen LogP contribution in [0.4, 0.5) is 5.69 Å². The monoisotopic (exact) mass is 275 g/mol. The molecule has 1 atom stereocenters. The van der Waals surface area contributed by atoms with Crippen molar-refractivity contribution in [2.24, 2.45) is 5.73 Å². The van der Waals surface area contributed by atoms with E-state index in [4.69, 9.17) is 14.9 Å². The van der Waals surface area contributed by atoms with Crippen LogP contribution in [0, 0.1) is 6.92 Å². The summed E-state index contributed by atoms with van der Waals surface area (Å²) >= 11 is 0. The maximum Gasteiger partial charge on any atom is 0.243 e. The Balaban J connectivity index is 2.03. The number of aryl methyl sites for hydroxylation is 1. The molecule has 0 saturated heterocycles. The summed E-state index contributed by atoms with van der Waals surface area (Å²) in [7, 11) is 1.50. The molecule has 106 valence electrons. The van der Waals surface area contributed by atoms with Crippen LogP contribution in [-0.4, -0.2) is 30.6 Å². The molecule has 0 fully saturated rings. The van der Waals surface area contributed by atoms with E-state index in [2.05, 4.69) is 10.3 Å². The van der Waals surface area contributed by atoms with E-state index in [0.29, 0.717) is 11.6 Å². The highest BCUT2D eigenvalue weighted by molar-refractivity contribution is 5.94. The van der Waals surface area contributed by atoms with Gasteiger partial charge >= 0.3 is 0 Å². The average Bonchev–Trinajstić information content (AvgIpc) is 2.86. The molecular weight excluding hydrogens is 258 g/mol. The summed E-state index contributed by atoms with van der Waals surface area (Å²) < 4.78 is 10.00. The lowest BCUT2D eigenvalue weighted by molar-refractivity contribution is -0.118. The summed E-state index contributed by atoms with van der Waals surface area (Å²) in [5, 5.41) is 2.72. The molecule has 0 aliphatic rings. The molecule has 0 aliphatic heterocycles. The van der Waals surface area contributed by atoms with Crippen molar-refractivity contribution in [2.45, 2.75) is 13.0 Å². The molecule has 0 saturated carbocycles. The molecule has 1 aromatic carbocycles. The maximum atomic E-state index is 11.7. The minimum atomic E-state index is -0.683. The van der Waals surface area contributed by atoms with Gasteiger partial charge in [-0.1, -0.05) is 12.1 Å². The Morgan fingerprint density at radius 3 is 2.70 bits per heavy atom. The number of carbonyl (C=O) groups excluding carboxylic acids is 1.